The first-order chi connectivity index (χ1) is 13.0. The Morgan fingerprint density at radius 1 is 1.26 bits per heavy atom. The third-order valence-electron chi connectivity index (χ3n) is 4.95. The van der Waals surface area contributed by atoms with Crippen LogP contribution < -0.4 is 14.8 Å². The van der Waals surface area contributed by atoms with Crippen LogP contribution in [-0.2, 0) is 4.74 Å². The highest BCUT2D eigenvalue weighted by atomic mass is 16.5. The number of hydrogen-bond acceptors (Lipinski definition) is 5. The Hall–Kier alpha value is -1.79. The Bertz CT molecular complexity index is 612. The van der Waals surface area contributed by atoms with Gasteiger partial charge in [0.15, 0.2) is 11.5 Å². The number of carbonyl (C=O) groups is 1. The van der Waals surface area contributed by atoms with Crippen LogP contribution >= 0.6 is 0 Å². The number of methoxy groups -OCH3 is 2. The summed E-state index contributed by atoms with van der Waals surface area (Å²) in [6.45, 7) is 9.12. The third-order valence-corrected chi connectivity index (χ3v) is 4.95. The molecule has 1 aliphatic rings. The molecule has 1 aromatic rings. The molecule has 0 aromatic heterocycles. The molecule has 0 spiro atoms. The van der Waals surface area contributed by atoms with Crippen molar-refractivity contribution >= 4 is 5.91 Å². The van der Waals surface area contributed by atoms with E-state index in [1.54, 1.807) is 14.2 Å². The second-order valence-electron chi connectivity index (χ2n) is 7.32. The molecule has 1 aromatic carbocycles. The molecule has 1 fully saturated rings. The molecule has 2 rings (SSSR count). The second-order valence-corrected chi connectivity index (χ2v) is 7.32. The highest BCUT2D eigenvalue weighted by Gasteiger charge is 2.29. The predicted octanol–water partition coefficient (Wildman–Crippen LogP) is 3.02. The molecule has 0 radical (unpaired) electrons. The summed E-state index contributed by atoms with van der Waals surface area (Å²) in [5.74, 6) is 1.31. The van der Waals surface area contributed by atoms with Crippen molar-refractivity contribution in [2.45, 2.75) is 52.1 Å². The normalized spacial score (nSPS) is 17.0. The lowest BCUT2D eigenvalue weighted by Crippen LogP contribution is -2.51. The van der Waals surface area contributed by atoms with Crippen LogP contribution in [0.2, 0.25) is 0 Å². The summed E-state index contributed by atoms with van der Waals surface area (Å²) in [5.41, 5.74) is 1.58. The summed E-state index contributed by atoms with van der Waals surface area (Å²) >= 11 is 0. The zero-order valence-electron chi connectivity index (χ0n) is 17.3. The van der Waals surface area contributed by atoms with Crippen molar-refractivity contribution in [3.63, 3.8) is 0 Å². The number of amides is 1. The summed E-state index contributed by atoms with van der Waals surface area (Å²) in [6, 6.07) is 4.07. The maximum absolute atomic E-state index is 13.4. The van der Waals surface area contributed by atoms with Crippen molar-refractivity contribution < 1.29 is 19.0 Å². The average Bonchev–Trinajstić information content (AvgIpc) is 2.66. The largest absolute Gasteiger partial charge is 0.493 e. The van der Waals surface area contributed by atoms with Gasteiger partial charge in [0.25, 0.3) is 5.91 Å². The fourth-order valence-electron chi connectivity index (χ4n) is 3.58. The van der Waals surface area contributed by atoms with Gasteiger partial charge >= 0.3 is 0 Å². The minimum absolute atomic E-state index is 0.0561. The molecule has 1 aliphatic heterocycles. The average molecular weight is 379 g/mol. The predicted molar refractivity (Wildman–Crippen MR) is 107 cm³/mol. The zero-order chi connectivity index (χ0) is 19.8. The number of nitrogens with zero attached hydrogens (tertiary/aromatic N) is 1. The maximum Gasteiger partial charge on any atom is 0.254 e. The van der Waals surface area contributed by atoms with Crippen molar-refractivity contribution in [3.8, 4) is 11.5 Å². The topological polar surface area (TPSA) is 60.0 Å². The van der Waals surface area contributed by atoms with Gasteiger partial charge in [-0.3, -0.25) is 4.79 Å². The van der Waals surface area contributed by atoms with E-state index in [-0.39, 0.29) is 18.0 Å². The van der Waals surface area contributed by atoms with Crippen LogP contribution in [0.4, 0.5) is 0 Å². The summed E-state index contributed by atoms with van der Waals surface area (Å²) in [6.07, 6.45) is 2.91. The summed E-state index contributed by atoms with van der Waals surface area (Å²) in [7, 11) is 3.29. The van der Waals surface area contributed by atoms with Gasteiger partial charge in [-0.15, -0.1) is 0 Å². The highest BCUT2D eigenvalue weighted by molar-refractivity contribution is 5.97. The van der Waals surface area contributed by atoms with Gasteiger partial charge in [-0.2, -0.15) is 0 Å². The Morgan fingerprint density at radius 3 is 2.63 bits per heavy atom. The molecule has 0 saturated carbocycles. The lowest BCUT2D eigenvalue weighted by molar-refractivity contribution is 0.0572. The van der Waals surface area contributed by atoms with Crippen LogP contribution in [0.25, 0.3) is 0 Å². The van der Waals surface area contributed by atoms with E-state index in [4.69, 9.17) is 14.2 Å². The molecular weight excluding hydrogens is 344 g/mol. The molecule has 6 nitrogen and oxygen atoms in total. The molecule has 1 atom stereocenters. The fourth-order valence-corrected chi connectivity index (χ4v) is 3.58. The molecule has 152 valence electrons. The number of piperidine rings is 1. The molecule has 0 aliphatic carbocycles. The van der Waals surface area contributed by atoms with E-state index >= 15 is 0 Å². The minimum atomic E-state index is 0.0561. The maximum atomic E-state index is 13.4. The number of rotatable bonds is 9. The zero-order valence-corrected chi connectivity index (χ0v) is 17.3. The number of carbonyl (C=O) groups excluding carboxylic acids is 1. The Kier molecular flexibility index (Phi) is 8.38. The Balaban J connectivity index is 2.26. The SMILES string of the molecule is COCCCOc1cc(C(=O)N(C(C)C)C2CCCNC2)c(C)cc1OC. The van der Waals surface area contributed by atoms with Gasteiger partial charge in [0.05, 0.1) is 13.7 Å². The second kappa shape index (κ2) is 10.5. The molecular formula is C21H34N2O4. The Morgan fingerprint density at radius 2 is 2.04 bits per heavy atom. The first-order valence-corrected chi connectivity index (χ1v) is 9.83. The first kappa shape index (κ1) is 21.5. The van der Waals surface area contributed by atoms with E-state index in [0.717, 1.165) is 37.9 Å². The van der Waals surface area contributed by atoms with Crippen molar-refractivity contribution in [3.05, 3.63) is 23.3 Å². The van der Waals surface area contributed by atoms with Crippen LogP contribution in [0.5, 0.6) is 11.5 Å². The number of nitrogens with one attached hydrogen (secondary N) is 1. The van der Waals surface area contributed by atoms with Crippen molar-refractivity contribution in [2.24, 2.45) is 0 Å². The number of hydrogen-bond donors (Lipinski definition) is 1. The van der Waals surface area contributed by atoms with Gasteiger partial charge < -0.3 is 24.4 Å². The van der Waals surface area contributed by atoms with Crippen LogP contribution in [0.15, 0.2) is 12.1 Å². The van der Waals surface area contributed by atoms with Gasteiger partial charge in [-0.05, 0) is 57.9 Å². The van der Waals surface area contributed by atoms with Crippen molar-refractivity contribution in [2.75, 3.05) is 40.5 Å². The molecule has 1 saturated heterocycles. The molecule has 6 heteroatoms. The fraction of sp³-hybridized carbons (Fsp3) is 0.667. The van der Waals surface area contributed by atoms with Gasteiger partial charge in [0, 0.05) is 44.3 Å². The Labute approximate surface area is 163 Å². The third kappa shape index (κ3) is 5.59. The van der Waals surface area contributed by atoms with Crippen LogP contribution in [0.3, 0.4) is 0 Å². The minimum Gasteiger partial charge on any atom is -0.493 e. The van der Waals surface area contributed by atoms with E-state index in [1.165, 1.54) is 0 Å². The first-order valence-electron chi connectivity index (χ1n) is 9.83. The molecule has 1 heterocycles. The lowest BCUT2D eigenvalue weighted by Gasteiger charge is -2.38. The monoisotopic (exact) mass is 378 g/mol. The molecule has 1 N–H and O–H groups in total. The molecule has 27 heavy (non-hydrogen) atoms. The van der Waals surface area contributed by atoms with Crippen LogP contribution in [-0.4, -0.2) is 63.4 Å². The van der Waals surface area contributed by atoms with Gasteiger partial charge in [-0.1, -0.05) is 0 Å². The molecule has 1 amide bonds. The molecule has 0 bridgehead atoms. The number of aryl methyl sites for hydroxylation is 1. The molecule has 1 unspecified atom stereocenters. The standard InChI is InChI=1S/C21H34N2O4/c1-15(2)23(17-8-6-9-22-14-17)21(24)18-13-20(27-11-7-10-25-4)19(26-5)12-16(18)3/h12-13,15,17,22H,6-11,14H2,1-5H3. The van der Waals surface area contributed by atoms with Crippen LogP contribution in [0.1, 0.15) is 49.0 Å². The van der Waals surface area contributed by atoms with Crippen molar-refractivity contribution in [1.29, 1.82) is 0 Å². The number of ether oxygens (including phenoxy) is 3. The van der Waals surface area contributed by atoms with E-state index in [2.05, 4.69) is 19.2 Å². The number of benzene rings is 1. The smallest absolute Gasteiger partial charge is 0.254 e. The van der Waals surface area contributed by atoms with E-state index in [0.29, 0.717) is 30.3 Å². The van der Waals surface area contributed by atoms with E-state index in [9.17, 15) is 4.79 Å². The quantitative estimate of drug-likeness (QED) is 0.670. The van der Waals surface area contributed by atoms with Gasteiger partial charge in [0.1, 0.15) is 0 Å². The van der Waals surface area contributed by atoms with E-state index in [1.807, 2.05) is 24.0 Å². The van der Waals surface area contributed by atoms with Crippen molar-refractivity contribution in [1.82, 2.24) is 10.2 Å². The van der Waals surface area contributed by atoms with E-state index < -0.39 is 0 Å². The highest BCUT2D eigenvalue weighted by Crippen LogP contribution is 2.32. The summed E-state index contributed by atoms with van der Waals surface area (Å²) < 4.78 is 16.4. The summed E-state index contributed by atoms with van der Waals surface area (Å²) in [5, 5.41) is 3.41. The van der Waals surface area contributed by atoms with Crippen LogP contribution in [0, 0.1) is 6.92 Å². The lowest BCUT2D eigenvalue weighted by atomic mass is 10.0. The summed E-state index contributed by atoms with van der Waals surface area (Å²) in [4.78, 5) is 15.4. The van der Waals surface area contributed by atoms with Gasteiger partial charge in [-0.25, -0.2) is 0 Å². The van der Waals surface area contributed by atoms with Gasteiger partial charge in [0.2, 0.25) is 0 Å².